The van der Waals surface area contributed by atoms with Crippen molar-refractivity contribution in [3.8, 4) is 5.75 Å². The minimum absolute atomic E-state index is 0.0514. The Bertz CT molecular complexity index is 1120. The first-order valence-electron chi connectivity index (χ1n) is 13.3. The smallest absolute Gasteiger partial charge is 0.306 e. The van der Waals surface area contributed by atoms with E-state index in [0.29, 0.717) is 18.6 Å². The molecule has 4 saturated carbocycles. The summed E-state index contributed by atoms with van der Waals surface area (Å²) in [5, 5.41) is 12.2. The van der Waals surface area contributed by atoms with E-state index in [1.165, 1.54) is 19.3 Å². The van der Waals surface area contributed by atoms with Gasteiger partial charge in [-0.1, -0.05) is 25.1 Å². The van der Waals surface area contributed by atoms with Crippen molar-refractivity contribution in [3.05, 3.63) is 64.5 Å². The molecule has 1 atom stereocenters. The molecule has 36 heavy (non-hydrogen) atoms. The Morgan fingerprint density at radius 1 is 1.08 bits per heavy atom. The van der Waals surface area contributed by atoms with Crippen molar-refractivity contribution in [2.24, 2.45) is 23.7 Å². The number of hydrogen-bond acceptors (Lipinski definition) is 3. The predicted octanol–water partition coefficient (Wildman–Crippen LogP) is 5.89. The van der Waals surface area contributed by atoms with E-state index in [1.807, 2.05) is 25.1 Å². The molecule has 0 spiro atoms. The van der Waals surface area contributed by atoms with Gasteiger partial charge in [0.1, 0.15) is 11.6 Å². The van der Waals surface area contributed by atoms with E-state index in [4.69, 9.17) is 4.74 Å². The summed E-state index contributed by atoms with van der Waals surface area (Å²) in [7, 11) is 1.55. The van der Waals surface area contributed by atoms with Crippen LogP contribution in [0.3, 0.4) is 0 Å². The highest BCUT2D eigenvalue weighted by atomic mass is 19.1. The monoisotopic (exact) mass is 493 g/mol. The summed E-state index contributed by atoms with van der Waals surface area (Å²) in [6.45, 7) is 2.02. The molecule has 4 aliphatic carbocycles. The fourth-order valence-electron chi connectivity index (χ4n) is 7.55. The lowest BCUT2D eigenvalue weighted by atomic mass is 9.48. The quantitative estimate of drug-likeness (QED) is 0.457. The number of carboxylic acids is 1. The van der Waals surface area contributed by atoms with E-state index in [0.717, 1.165) is 53.7 Å². The molecule has 5 nitrogen and oxygen atoms in total. The average molecular weight is 494 g/mol. The molecule has 0 radical (unpaired) electrons. The van der Waals surface area contributed by atoms with Crippen molar-refractivity contribution in [2.75, 3.05) is 7.11 Å². The molecular weight excluding hydrogens is 457 g/mol. The second-order valence-electron chi connectivity index (χ2n) is 11.4. The normalized spacial score (nSPS) is 27.0. The number of hydrogen-bond donors (Lipinski definition) is 2. The number of carbonyl (C=O) groups is 2. The van der Waals surface area contributed by atoms with E-state index in [-0.39, 0.29) is 17.5 Å². The van der Waals surface area contributed by atoms with Gasteiger partial charge in [-0.3, -0.25) is 9.59 Å². The van der Waals surface area contributed by atoms with E-state index < -0.39 is 23.6 Å². The number of carbonyl (C=O) groups excluding carboxylic acids is 1. The van der Waals surface area contributed by atoms with Crippen LogP contribution in [0, 0.1) is 29.5 Å². The van der Waals surface area contributed by atoms with Crippen LogP contribution in [0.15, 0.2) is 36.4 Å². The molecule has 2 aromatic rings. The van der Waals surface area contributed by atoms with Gasteiger partial charge in [-0.05, 0) is 104 Å². The number of amides is 1. The van der Waals surface area contributed by atoms with E-state index >= 15 is 4.39 Å². The first-order valence-corrected chi connectivity index (χ1v) is 13.3. The topological polar surface area (TPSA) is 75.6 Å². The summed E-state index contributed by atoms with van der Waals surface area (Å²) >= 11 is 0. The number of ether oxygens (including phenoxy) is 1. The van der Waals surface area contributed by atoms with Crippen LogP contribution in [0.1, 0.15) is 78.9 Å². The maximum atomic E-state index is 15.2. The highest BCUT2D eigenvalue weighted by Crippen LogP contribution is 2.60. The highest BCUT2D eigenvalue weighted by Gasteiger charge is 2.51. The van der Waals surface area contributed by atoms with Gasteiger partial charge in [-0.25, -0.2) is 4.39 Å². The summed E-state index contributed by atoms with van der Waals surface area (Å²) in [5.41, 5.74) is 2.80. The van der Waals surface area contributed by atoms with Gasteiger partial charge in [0.2, 0.25) is 0 Å². The van der Waals surface area contributed by atoms with Gasteiger partial charge in [0.05, 0.1) is 18.6 Å². The third-order valence-electron chi connectivity index (χ3n) is 8.97. The number of rotatable bonds is 9. The Hall–Kier alpha value is -2.89. The molecule has 1 unspecified atom stereocenters. The lowest BCUT2D eigenvalue weighted by molar-refractivity contribution is -0.141. The summed E-state index contributed by atoms with van der Waals surface area (Å²) in [6.07, 6.45) is 8.40. The largest absolute Gasteiger partial charge is 0.496 e. The zero-order valence-corrected chi connectivity index (χ0v) is 21.2. The molecule has 4 bridgehead atoms. The molecule has 2 aromatic carbocycles. The van der Waals surface area contributed by atoms with Crippen LogP contribution in [-0.2, 0) is 23.2 Å². The Balaban J connectivity index is 1.29. The number of carboxylic acid groups (broad SMARTS) is 1. The second kappa shape index (κ2) is 9.87. The zero-order valence-electron chi connectivity index (χ0n) is 21.2. The molecule has 6 rings (SSSR count). The van der Waals surface area contributed by atoms with Crippen LogP contribution in [0.5, 0.6) is 5.75 Å². The Morgan fingerprint density at radius 3 is 2.31 bits per heavy atom. The highest BCUT2D eigenvalue weighted by molar-refractivity contribution is 5.94. The third kappa shape index (κ3) is 4.74. The maximum Gasteiger partial charge on any atom is 0.306 e. The molecule has 0 aromatic heterocycles. The fraction of sp³-hybridized carbons (Fsp3) is 0.533. The van der Waals surface area contributed by atoms with Crippen LogP contribution in [0.25, 0.3) is 0 Å². The van der Waals surface area contributed by atoms with Crippen molar-refractivity contribution in [1.82, 2.24) is 5.32 Å². The standard InChI is InChI=1S/C30H36FNO4/c1-3-22(29(34)35)11-18-4-7-27(36-2)23(12-18)17-32-28(33)25-6-5-24(13-26(25)31)30-14-19-8-20(15-30)10-21(9-19)16-30/h4-7,12-13,19-22H,3,8-11,14-17H2,1-2H3,(H,32,33)(H,34,35). The molecule has 6 heteroatoms. The maximum absolute atomic E-state index is 15.2. The number of methoxy groups -OCH3 is 1. The van der Waals surface area contributed by atoms with Gasteiger partial charge in [-0.15, -0.1) is 0 Å². The van der Waals surface area contributed by atoms with Crippen LogP contribution in [-0.4, -0.2) is 24.1 Å². The van der Waals surface area contributed by atoms with Crippen molar-refractivity contribution >= 4 is 11.9 Å². The molecule has 4 aliphatic rings. The van der Waals surface area contributed by atoms with Crippen LogP contribution < -0.4 is 10.1 Å². The first-order chi connectivity index (χ1) is 17.3. The number of benzene rings is 2. The summed E-state index contributed by atoms with van der Waals surface area (Å²) in [5.74, 6) is 0.698. The van der Waals surface area contributed by atoms with Crippen LogP contribution in [0.4, 0.5) is 4.39 Å². The Kier molecular flexibility index (Phi) is 6.80. The number of halogens is 1. The number of nitrogens with one attached hydrogen (secondary N) is 1. The van der Waals surface area contributed by atoms with Crippen LogP contribution in [0.2, 0.25) is 0 Å². The van der Waals surface area contributed by atoms with Crippen molar-refractivity contribution in [3.63, 3.8) is 0 Å². The molecule has 2 N–H and O–H groups in total. The van der Waals surface area contributed by atoms with Crippen molar-refractivity contribution in [1.29, 1.82) is 0 Å². The van der Waals surface area contributed by atoms with Crippen molar-refractivity contribution < 1.29 is 23.8 Å². The molecule has 4 fully saturated rings. The first kappa shape index (κ1) is 24.8. The Labute approximate surface area is 212 Å². The second-order valence-corrected chi connectivity index (χ2v) is 11.4. The molecule has 192 valence electrons. The number of aliphatic carboxylic acids is 1. The zero-order chi connectivity index (χ0) is 25.4. The van der Waals surface area contributed by atoms with Gasteiger partial charge < -0.3 is 15.2 Å². The molecule has 0 saturated heterocycles. The minimum atomic E-state index is -0.823. The average Bonchev–Trinajstić information content (AvgIpc) is 2.84. The van der Waals surface area contributed by atoms with E-state index in [9.17, 15) is 14.7 Å². The van der Waals surface area contributed by atoms with Gasteiger partial charge in [-0.2, -0.15) is 0 Å². The van der Waals surface area contributed by atoms with E-state index in [2.05, 4.69) is 5.32 Å². The molecule has 0 heterocycles. The van der Waals surface area contributed by atoms with Gasteiger partial charge in [0.25, 0.3) is 5.91 Å². The fourth-order valence-corrected chi connectivity index (χ4v) is 7.55. The molecular formula is C30H36FNO4. The SMILES string of the molecule is CCC(Cc1ccc(OC)c(CNC(=O)c2ccc(C34CC5CC(CC(C5)C3)C4)cc2F)c1)C(=O)O. The lowest BCUT2D eigenvalue weighted by Gasteiger charge is -2.57. The predicted molar refractivity (Wildman–Crippen MR) is 136 cm³/mol. The summed E-state index contributed by atoms with van der Waals surface area (Å²) in [6, 6.07) is 10.7. The minimum Gasteiger partial charge on any atom is -0.496 e. The lowest BCUT2D eigenvalue weighted by Crippen LogP contribution is -2.48. The van der Waals surface area contributed by atoms with Gasteiger partial charge in [0, 0.05) is 12.1 Å². The summed E-state index contributed by atoms with van der Waals surface area (Å²) in [4.78, 5) is 24.4. The van der Waals surface area contributed by atoms with Gasteiger partial charge in [0.15, 0.2) is 0 Å². The molecule has 1 amide bonds. The molecule has 0 aliphatic heterocycles. The van der Waals surface area contributed by atoms with Crippen molar-refractivity contribution in [2.45, 2.75) is 70.3 Å². The third-order valence-corrected chi connectivity index (χ3v) is 8.97. The summed E-state index contributed by atoms with van der Waals surface area (Å²) < 4.78 is 20.7. The Morgan fingerprint density at radius 2 is 1.75 bits per heavy atom. The van der Waals surface area contributed by atoms with Crippen LogP contribution >= 0.6 is 0 Å². The van der Waals surface area contributed by atoms with E-state index in [1.54, 1.807) is 25.3 Å². The van der Waals surface area contributed by atoms with Gasteiger partial charge >= 0.3 is 5.97 Å².